The lowest BCUT2D eigenvalue weighted by molar-refractivity contribution is -0.112. The van der Waals surface area contributed by atoms with Crippen LogP contribution in [0.2, 0.25) is 5.02 Å². The Morgan fingerprint density at radius 1 is 1.03 bits per heavy atom. The van der Waals surface area contributed by atoms with E-state index in [0.717, 1.165) is 16.7 Å². The molecule has 0 bridgehead atoms. The summed E-state index contributed by atoms with van der Waals surface area (Å²) in [5.74, 6) is 0.312. The molecule has 0 saturated carbocycles. The van der Waals surface area contributed by atoms with Gasteiger partial charge in [-0.2, -0.15) is 5.26 Å². The number of ether oxygens (including phenoxy) is 2. The molecule has 1 N–H and O–H groups in total. The van der Waals surface area contributed by atoms with Gasteiger partial charge in [-0.15, -0.1) is 0 Å². The molecule has 0 heterocycles. The van der Waals surface area contributed by atoms with Crippen molar-refractivity contribution in [2.24, 2.45) is 0 Å². The molecule has 5 nitrogen and oxygen atoms in total. The molecular weight excluding hydrogens is 448 g/mol. The third-order valence-electron chi connectivity index (χ3n) is 5.51. The quantitative estimate of drug-likeness (QED) is 0.305. The number of nitrogens with zero attached hydrogens (tertiary/aromatic N) is 1. The third-order valence-corrected chi connectivity index (χ3v) is 5.79. The molecule has 0 aliphatic heterocycles. The van der Waals surface area contributed by atoms with Gasteiger partial charge in [-0.25, -0.2) is 0 Å². The minimum atomic E-state index is -0.500. The lowest BCUT2D eigenvalue weighted by Gasteiger charge is -2.14. The fourth-order valence-electron chi connectivity index (χ4n) is 3.47. The maximum Gasteiger partial charge on any atom is 0.266 e. The summed E-state index contributed by atoms with van der Waals surface area (Å²) in [6, 6.07) is 17.1. The first-order valence-electron chi connectivity index (χ1n) is 10.8. The second kappa shape index (κ2) is 10.9. The highest BCUT2D eigenvalue weighted by atomic mass is 35.5. The summed E-state index contributed by atoms with van der Waals surface area (Å²) in [7, 11) is 1.51. The lowest BCUT2D eigenvalue weighted by atomic mass is 10.1. The van der Waals surface area contributed by atoms with Gasteiger partial charge in [-0.05, 0) is 79.8 Å². The van der Waals surface area contributed by atoms with E-state index in [0.29, 0.717) is 34.4 Å². The minimum absolute atomic E-state index is 0.0538. The van der Waals surface area contributed by atoms with Gasteiger partial charge >= 0.3 is 0 Å². The van der Waals surface area contributed by atoms with Crippen LogP contribution in [0, 0.1) is 39.0 Å². The van der Waals surface area contributed by atoms with Crippen LogP contribution in [0.4, 0.5) is 5.69 Å². The Hall–Kier alpha value is -3.75. The van der Waals surface area contributed by atoms with Crippen LogP contribution in [0.3, 0.4) is 0 Å². The van der Waals surface area contributed by atoms with E-state index in [9.17, 15) is 10.1 Å². The molecule has 0 aromatic heterocycles. The van der Waals surface area contributed by atoms with E-state index in [4.69, 9.17) is 21.1 Å². The first kappa shape index (κ1) is 24.9. The van der Waals surface area contributed by atoms with Gasteiger partial charge in [0.15, 0.2) is 11.5 Å². The van der Waals surface area contributed by atoms with E-state index in [1.54, 1.807) is 12.1 Å². The lowest BCUT2D eigenvalue weighted by Crippen LogP contribution is -2.14. The van der Waals surface area contributed by atoms with Gasteiger partial charge in [0.2, 0.25) is 0 Å². The number of benzene rings is 3. The van der Waals surface area contributed by atoms with E-state index in [2.05, 4.69) is 25.2 Å². The second-order valence-corrected chi connectivity index (χ2v) is 8.59. The molecule has 0 fully saturated rings. The molecule has 3 rings (SSSR count). The summed E-state index contributed by atoms with van der Waals surface area (Å²) in [6.07, 6.45) is 1.47. The summed E-state index contributed by atoms with van der Waals surface area (Å²) in [5, 5.41) is 12.7. The molecule has 0 aliphatic rings. The molecule has 174 valence electrons. The van der Waals surface area contributed by atoms with Gasteiger partial charge in [0, 0.05) is 5.69 Å². The molecule has 34 heavy (non-hydrogen) atoms. The number of nitriles is 1. The molecular formula is C28H27ClN2O3. The third kappa shape index (κ3) is 5.98. The minimum Gasteiger partial charge on any atom is -0.493 e. The maximum absolute atomic E-state index is 12.7. The predicted octanol–water partition coefficient (Wildman–Crippen LogP) is 6.71. The van der Waals surface area contributed by atoms with Crippen molar-refractivity contribution >= 4 is 29.3 Å². The summed E-state index contributed by atoms with van der Waals surface area (Å²) in [5.41, 5.74) is 6.57. The Labute approximate surface area is 205 Å². The van der Waals surface area contributed by atoms with E-state index in [-0.39, 0.29) is 5.57 Å². The average Bonchev–Trinajstić information content (AvgIpc) is 2.80. The number of halogens is 1. The van der Waals surface area contributed by atoms with Crippen LogP contribution in [0.1, 0.15) is 33.4 Å². The van der Waals surface area contributed by atoms with Crippen molar-refractivity contribution in [2.45, 2.75) is 34.3 Å². The Morgan fingerprint density at radius 2 is 1.79 bits per heavy atom. The Balaban J connectivity index is 1.83. The number of anilines is 1. The molecule has 3 aromatic carbocycles. The smallest absolute Gasteiger partial charge is 0.266 e. The number of nitrogens with one attached hydrogen (secondary N) is 1. The number of carbonyl (C=O) groups is 1. The molecule has 0 radical (unpaired) electrons. The van der Waals surface area contributed by atoms with Crippen LogP contribution in [0.5, 0.6) is 11.5 Å². The van der Waals surface area contributed by atoms with Crippen molar-refractivity contribution in [3.63, 3.8) is 0 Å². The fourth-order valence-corrected chi connectivity index (χ4v) is 3.74. The van der Waals surface area contributed by atoms with Crippen LogP contribution >= 0.6 is 11.6 Å². The highest BCUT2D eigenvalue weighted by molar-refractivity contribution is 6.32. The van der Waals surface area contributed by atoms with Crippen molar-refractivity contribution in [2.75, 3.05) is 12.4 Å². The summed E-state index contributed by atoms with van der Waals surface area (Å²) >= 11 is 6.49. The topological polar surface area (TPSA) is 71.3 Å². The number of methoxy groups -OCH3 is 1. The first-order chi connectivity index (χ1) is 16.2. The van der Waals surface area contributed by atoms with E-state index in [1.807, 2.05) is 50.2 Å². The van der Waals surface area contributed by atoms with Gasteiger partial charge in [-0.3, -0.25) is 4.79 Å². The monoisotopic (exact) mass is 474 g/mol. The fraction of sp³-hybridized carbons (Fsp3) is 0.214. The van der Waals surface area contributed by atoms with Crippen molar-refractivity contribution in [1.29, 1.82) is 5.26 Å². The van der Waals surface area contributed by atoms with E-state index < -0.39 is 5.91 Å². The zero-order chi connectivity index (χ0) is 24.8. The van der Waals surface area contributed by atoms with Crippen LogP contribution in [-0.4, -0.2) is 13.0 Å². The van der Waals surface area contributed by atoms with Gasteiger partial charge in [0.05, 0.1) is 12.1 Å². The largest absolute Gasteiger partial charge is 0.493 e. The SMILES string of the molecule is COc1cc(/C=C(\C#N)C(=O)Nc2ccc(C)cc2C)cc(Cl)c1OCc1ccc(C)c(C)c1. The van der Waals surface area contributed by atoms with Crippen LogP contribution in [-0.2, 0) is 11.4 Å². The van der Waals surface area contributed by atoms with Gasteiger partial charge in [0.1, 0.15) is 18.2 Å². The van der Waals surface area contributed by atoms with Crippen molar-refractivity contribution < 1.29 is 14.3 Å². The zero-order valence-corrected chi connectivity index (χ0v) is 20.7. The molecule has 0 saturated heterocycles. The van der Waals surface area contributed by atoms with Gasteiger partial charge < -0.3 is 14.8 Å². The highest BCUT2D eigenvalue weighted by Gasteiger charge is 2.15. The molecule has 3 aromatic rings. The van der Waals surface area contributed by atoms with Crippen LogP contribution < -0.4 is 14.8 Å². The van der Waals surface area contributed by atoms with Crippen molar-refractivity contribution in [3.8, 4) is 17.6 Å². The number of aryl methyl sites for hydroxylation is 4. The molecule has 0 aliphatic carbocycles. The van der Waals surface area contributed by atoms with Gasteiger partial charge in [0.25, 0.3) is 5.91 Å². The standard InChI is InChI=1S/C28H27ClN2O3/c1-17-6-9-25(20(4)10-17)31-28(32)23(15-30)12-22-13-24(29)27(26(14-22)33-5)34-16-21-8-7-18(2)19(3)11-21/h6-14H,16H2,1-5H3,(H,31,32)/b23-12+. The normalized spacial score (nSPS) is 11.0. The number of rotatable bonds is 7. The zero-order valence-electron chi connectivity index (χ0n) is 20.0. The summed E-state index contributed by atoms with van der Waals surface area (Å²) in [4.78, 5) is 12.7. The second-order valence-electron chi connectivity index (χ2n) is 8.18. The number of hydrogen-bond acceptors (Lipinski definition) is 4. The van der Waals surface area contributed by atoms with Crippen LogP contribution in [0.15, 0.2) is 54.1 Å². The van der Waals surface area contributed by atoms with Crippen molar-refractivity contribution in [1.82, 2.24) is 0 Å². The molecule has 0 atom stereocenters. The first-order valence-corrected chi connectivity index (χ1v) is 11.2. The number of hydrogen-bond donors (Lipinski definition) is 1. The Kier molecular flexibility index (Phi) is 7.99. The van der Waals surface area contributed by atoms with Crippen molar-refractivity contribution in [3.05, 3.63) is 92.5 Å². The summed E-state index contributed by atoms with van der Waals surface area (Å²) in [6.45, 7) is 8.32. The van der Waals surface area contributed by atoms with E-state index in [1.165, 1.54) is 24.3 Å². The highest BCUT2D eigenvalue weighted by Crippen LogP contribution is 2.37. The van der Waals surface area contributed by atoms with E-state index >= 15 is 0 Å². The number of carbonyl (C=O) groups excluding carboxylic acids is 1. The Bertz CT molecular complexity index is 1310. The average molecular weight is 475 g/mol. The maximum atomic E-state index is 12.7. The van der Waals surface area contributed by atoms with Crippen LogP contribution in [0.25, 0.3) is 6.08 Å². The molecule has 0 unspecified atom stereocenters. The van der Waals surface area contributed by atoms with Gasteiger partial charge in [-0.1, -0.05) is 47.5 Å². The predicted molar refractivity (Wildman–Crippen MR) is 136 cm³/mol. The molecule has 1 amide bonds. The molecule has 6 heteroatoms. The Morgan fingerprint density at radius 3 is 2.44 bits per heavy atom. The molecule has 0 spiro atoms. The number of amides is 1. The summed E-state index contributed by atoms with van der Waals surface area (Å²) < 4.78 is 11.4.